The Kier molecular flexibility index (Phi) is 6.11. The third kappa shape index (κ3) is 4.11. The molecule has 0 bridgehead atoms. The van der Waals surface area contributed by atoms with Crippen molar-refractivity contribution in [3.8, 4) is 11.5 Å². The molecule has 0 unspecified atom stereocenters. The van der Waals surface area contributed by atoms with Crippen molar-refractivity contribution in [3.05, 3.63) is 22.2 Å². The minimum atomic E-state index is -1.23. The van der Waals surface area contributed by atoms with Crippen LogP contribution in [-0.4, -0.2) is 19.7 Å². The van der Waals surface area contributed by atoms with Gasteiger partial charge in [-0.05, 0) is 34.5 Å². The van der Waals surface area contributed by atoms with E-state index in [1.807, 2.05) is 0 Å². The van der Waals surface area contributed by atoms with Gasteiger partial charge in [-0.2, -0.15) is 0 Å². The molecule has 1 atom stereocenters. The third-order valence-corrected chi connectivity index (χ3v) is 3.27. The van der Waals surface area contributed by atoms with Crippen LogP contribution in [0.1, 0.15) is 31.4 Å². The van der Waals surface area contributed by atoms with Gasteiger partial charge in [0.1, 0.15) is 5.97 Å². The molecule has 0 aliphatic carbocycles. The fraction of sp³-hybridized carbons (Fsp3) is 0.462. The third-order valence-electron chi connectivity index (χ3n) is 2.68. The number of carbonyl (C=O) groups is 1. The smallest absolute Gasteiger partial charge is 0.175 e. The molecule has 0 fully saturated rings. The maximum absolute atomic E-state index is 10.8. The van der Waals surface area contributed by atoms with Crippen LogP contribution in [0.15, 0.2) is 16.6 Å². The summed E-state index contributed by atoms with van der Waals surface area (Å²) < 4.78 is 11.5. The molecule has 1 aromatic carbocycles. The molecule has 0 saturated carbocycles. The summed E-state index contributed by atoms with van der Waals surface area (Å²) in [4.78, 5) is 10.8. The Bertz CT molecular complexity index is 451. The standard InChI is InChI=1S/C13H18BrNO4/c1-3-4-5-19-12-9(14)6-8(7-10(12)18-2)11(15)13(16)17/h6-7,11H,3-5,15H2,1-2H3,(H,16,17)/t11-/m0/s1. The first-order valence-corrected chi connectivity index (χ1v) is 6.84. The maximum Gasteiger partial charge on any atom is 0.175 e. The Balaban J connectivity index is 3.04. The van der Waals surface area contributed by atoms with Gasteiger partial charge in [0, 0.05) is 5.56 Å². The van der Waals surface area contributed by atoms with Crippen LogP contribution in [0.3, 0.4) is 0 Å². The molecule has 0 aliphatic rings. The topological polar surface area (TPSA) is 86.2 Å². The summed E-state index contributed by atoms with van der Waals surface area (Å²) in [6.07, 6.45) is 1.97. The number of ether oxygens (including phenoxy) is 2. The Labute approximate surface area is 120 Å². The number of hydrogen-bond acceptors (Lipinski definition) is 4. The number of rotatable bonds is 7. The molecule has 3 N–H and O–H groups in total. The Morgan fingerprint density at radius 3 is 2.74 bits per heavy atom. The number of carboxylic acids is 1. The lowest BCUT2D eigenvalue weighted by Gasteiger charge is -2.16. The first-order valence-electron chi connectivity index (χ1n) is 6.05. The van der Waals surface area contributed by atoms with Gasteiger partial charge in [0.25, 0.3) is 0 Å². The van der Waals surface area contributed by atoms with Crippen LogP contribution in [0.5, 0.6) is 11.5 Å². The average Bonchev–Trinajstić information content (AvgIpc) is 2.39. The van der Waals surface area contributed by atoms with Gasteiger partial charge in [-0.1, -0.05) is 13.3 Å². The molecule has 1 aromatic rings. The fourth-order valence-corrected chi connectivity index (χ4v) is 2.11. The minimum Gasteiger partial charge on any atom is -0.544 e. The number of unbranched alkanes of at least 4 members (excludes halogenated alkanes) is 1. The second kappa shape index (κ2) is 7.35. The number of quaternary nitrogens is 1. The highest BCUT2D eigenvalue weighted by atomic mass is 79.9. The maximum atomic E-state index is 10.8. The van der Waals surface area contributed by atoms with E-state index in [0.717, 1.165) is 12.8 Å². The van der Waals surface area contributed by atoms with Crippen LogP contribution in [0.25, 0.3) is 0 Å². The summed E-state index contributed by atoms with van der Waals surface area (Å²) in [5, 5.41) is 10.8. The first-order chi connectivity index (χ1) is 9.01. The molecule has 0 aliphatic heterocycles. The van der Waals surface area contributed by atoms with Crippen LogP contribution in [0.2, 0.25) is 0 Å². The van der Waals surface area contributed by atoms with E-state index in [0.29, 0.717) is 28.1 Å². The van der Waals surface area contributed by atoms with Crippen LogP contribution in [0.4, 0.5) is 0 Å². The number of benzene rings is 1. The van der Waals surface area contributed by atoms with Crippen LogP contribution >= 0.6 is 15.9 Å². The molecule has 19 heavy (non-hydrogen) atoms. The predicted octanol–water partition coefficient (Wildman–Crippen LogP) is 0.669. The zero-order valence-corrected chi connectivity index (χ0v) is 12.7. The van der Waals surface area contributed by atoms with Gasteiger partial charge in [0.15, 0.2) is 17.5 Å². The van der Waals surface area contributed by atoms with Crippen molar-refractivity contribution in [2.24, 2.45) is 0 Å². The molecule has 0 aromatic heterocycles. The highest BCUT2D eigenvalue weighted by molar-refractivity contribution is 9.10. The second-order valence-electron chi connectivity index (χ2n) is 4.11. The van der Waals surface area contributed by atoms with Gasteiger partial charge in [0.2, 0.25) is 0 Å². The van der Waals surface area contributed by atoms with Gasteiger partial charge in [-0.15, -0.1) is 0 Å². The lowest BCUT2D eigenvalue weighted by atomic mass is 10.1. The van der Waals surface area contributed by atoms with Crippen molar-refractivity contribution in [2.45, 2.75) is 25.8 Å². The van der Waals surface area contributed by atoms with E-state index in [1.165, 1.54) is 7.11 Å². The van der Waals surface area contributed by atoms with Crippen LogP contribution in [0, 0.1) is 0 Å². The van der Waals surface area contributed by atoms with E-state index >= 15 is 0 Å². The number of aliphatic carboxylic acids is 1. The summed E-state index contributed by atoms with van der Waals surface area (Å²) in [6.45, 7) is 2.66. The van der Waals surface area contributed by atoms with Crippen molar-refractivity contribution in [2.75, 3.05) is 13.7 Å². The zero-order valence-electron chi connectivity index (χ0n) is 11.1. The summed E-state index contributed by atoms with van der Waals surface area (Å²) in [5.41, 5.74) is 4.06. The molecule has 0 heterocycles. The van der Waals surface area contributed by atoms with E-state index in [-0.39, 0.29) is 0 Å². The number of methoxy groups -OCH3 is 1. The molecule has 5 nitrogen and oxygen atoms in total. The van der Waals surface area contributed by atoms with Gasteiger partial charge in [-0.3, -0.25) is 0 Å². The SMILES string of the molecule is CCCCOc1c(Br)cc([C@H]([NH3+])C(=O)[O-])cc1OC. The quantitative estimate of drug-likeness (QED) is 0.744. The van der Waals surface area contributed by atoms with E-state index < -0.39 is 12.0 Å². The Morgan fingerprint density at radius 2 is 2.21 bits per heavy atom. The molecule has 1 rings (SSSR count). The highest BCUT2D eigenvalue weighted by Gasteiger charge is 2.17. The van der Waals surface area contributed by atoms with E-state index in [2.05, 4.69) is 28.6 Å². The summed E-state index contributed by atoms with van der Waals surface area (Å²) in [7, 11) is 1.51. The Morgan fingerprint density at radius 1 is 1.53 bits per heavy atom. The number of carbonyl (C=O) groups excluding carboxylic acids is 1. The highest BCUT2D eigenvalue weighted by Crippen LogP contribution is 2.37. The number of carboxylic acid groups (broad SMARTS) is 1. The molecular weight excluding hydrogens is 314 g/mol. The van der Waals surface area contributed by atoms with Gasteiger partial charge in [0.05, 0.1) is 18.2 Å². The van der Waals surface area contributed by atoms with Crippen LogP contribution < -0.4 is 20.3 Å². The number of hydrogen-bond donors (Lipinski definition) is 1. The van der Waals surface area contributed by atoms with Crippen molar-refractivity contribution < 1.29 is 25.1 Å². The number of halogens is 1. The lowest BCUT2D eigenvalue weighted by molar-refractivity contribution is -0.443. The molecule has 0 saturated heterocycles. The lowest BCUT2D eigenvalue weighted by Crippen LogP contribution is -2.61. The van der Waals surface area contributed by atoms with Gasteiger partial charge < -0.3 is 25.1 Å². The second-order valence-corrected chi connectivity index (χ2v) is 4.96. The van der Waals surface area contributed by atoms with E-state index in [1.54, 1.807) is 12.1 Å². The normalized spacial score (nSPS) is 12.0. The van der Waals surface area contributed by atoms with E-state index in [9.17, 15) is 9.90 Å². The minimum absolute atomic E-state index is 0.482. The summed E-state index contributed by atoms with van der Waals surface area (Å²) in [5.74, 6) is -0.172. The average molecular weight is 332 g/mol. The molecule has 106 valence electrons. The predicted molar refractivity (Wildman–Crippen MR) is 71.7 cm³/mol. The molecular formula is C13H18BrNO4. The molecule has 0 radical (unpaired) electrons. The monoisotopic (exact) mass is 331 g/mol. The molecule has 0 spiro atoms. The molecule has 0 amide bonds. The van der Waals surface area contributed by atoms with Gasteiger partial charge >= 0.3 is 0 Å². The molecule has 6 heteroatoms. The fourth-order valence-electron chi connectivity index (χ4n) is 1.54. The van der Waals surface area contributed by atoms with Gasteiger partial charge in [-0.25, -0.2) is 0 Å². The summed E-state index contributed by atoms with van der Waals surface area (Å²) >= 11 is 3.36. The summed E-state index contributed by atoms with van der Waals surface area (Å²) in [6, 6.07) is 2.33. The van der Waals surface area contributed by atoms with Crippen molar-refractivity contribution in [1.29, 1.82) is 0 Å². The van der Waals surface area contributed by atoms with Crippen molar-refractivity contribution >= 4 is 21.9 Å². The first kappa shape index (κ1) is 15.8. The van der Waals surface area contributed by atoms with E-state index in [4.69, 9.17) is 9.47 Å². The van der Waals surface area contributed by atoms with Crippen molar-refractivity contribution in [3.63, 3.8) is 0 Å². The largest absolute Gasteiger partial charge is 0.544 e. The van der Waals surface area contributed by atoms with Crippen molar-refractivity contribution in [1.82, 2.24) is 0 Å². The zero-order chi connectivity index (χ0) is 14.4. The van der Waals surface area contributed by atoms with Crippen LogP contribution in [-0.2, 0) is 4.79 Å². The Hall–Kier alpha value is -1.27.